The number of anilines is 1. The van der Waals surface area contributed by atoms with Crippen LogP contribution in [0.3, 0.4) is 0 Å². The summed E-state index contributed by atoms with van der Waals surface area (Å²) in [5.74, 6) is -4.51. The van der Waals surface area contributed by atoms with E-state index in [-0.39, 0.29) is 91.1 Å². The predicted molar refractivity (Wildman–Crippen MR) is 171 cm³/mol. The molecule has 48 heavy (non-hydrogen) atoms. The summed E-state index contributed by atoms with van der Waals surface area (Å²) in [6, 6.07) is 11.5. The smallest absolute Gasteiger partial charge is 0.319 e. The Labute approximate surface area is 273 Å². The zero-order valence-electron chi connectivity index (χ0n) is 25.9. The van der Waals surface area contributed by atoms with Crippen molar-refractivity contribution >= 4 is 33.4 Å². The van der Waals surface area contributed by atoms with Crippen molar-refractivity contribution < 1.29 is 32.2 Å². The first-order valence-corrected chi connectivity index (χ1v) is 15.7. The monoisotopic (exact) mass is 660 g/mol. The Morgan fingerprint density at radius 2 is 1.98 bits per heavy atom. The number of ether oxygens (including phenoxy) is 1. The predicted octanol–water partition coefficient (Wildman–Crippen LogP) is 5.80. The lowest BCUT2D eigenvalue weighted by Crippen LogP contribution is -2.55. The van der Waals surface area contributed by atoms with Crippen LogP contribution in [-0.4, -0.2) is 87.6 Å². The Morgan fingerprint density at radius 3 is 2.77 bits per heavy atom. The number of rotatable bonds is 7. The molecule has 13 heteroatoms. The van der Waals surface area contributed by atoms with Crippen molar-refractivity contribution in [1.82, 2.24) is 19.8 Å². The molecule has 3 aromatic carbocycles. The number of fused-ring (bicyclic) bond motifs is 3. The third-order valence-corrected chi connectivity index (χ3v) is 9.75. The molecule has 4 aromatic rings. The molecule has 1 N–H and O–H groups in total. The number of alkyl halides is 2. The van der Waals surface area contributed by atoms with Crippen LogP contribution in [0, 0.1) is 23.0 Å². The molecule has 7 rings (SSSR count). The van der Waals surface area contributed by atoms with Gasteiger partial charge in [0.2, 0.25) is 5.91 Å². The van der Waals surface area contributed by atoms with Gasteiger partial charge in [-0.25, -0.2) is 17.6 Å². The summed E-state index contributed by atoms with van der Waals surface area (Å²) in [7, 11) is 0. The highest BCUT2D eigenvalue weighted by Crippen LogP contribution is 2.46. The minimum absolute atomic E-state index is 0.0242. The summed E-state index contributed by atoms with van der Waals surface area (Å²) >= 11 is 0. The number of halogens is 4. The molecule has 3 saturated heterocycles. The first-order valence-electron chi connectivity index (χ1n) is 15.7. The molecule has 2 atom stereocenters. The van der Waals surface area contributed by atoms with Gasteiger partial charge in [-0.2, -0.15) is 15.2 Å². The molecule has 9 nitrogen and oxygen atoms in total. The van der Waals surface area contributed by atoms with Gasteiger partial charge in [0.25, 0.3) is 5.92 Å². The highest BCUT2D eigenvalue weighted by atomic mass is 19.3. The number of aromatic hydroxyl groups is 1. The molecular weight excluding hydrogens is 628 g/mol. The number of carbonyl (C=O) groups excluding carboxylic acids is 1. The fraction of sp³-hybridized carbons (Fsp3) is 0.371. The van der Waals surface area contributed by atoms with E-state index in [1.54, 1.807) is 21.9 Å². The van der Waals surface area contributed by atoms with Crippen LogP contribution < -0.4 is 9.64 Å². The van der Waals surface area contributed by atoms with Crippen LogP contribution in [0.1, 0.15) is 25.7 Å². The number of hydrogen-bond acceptors (Lipinski definition) is 8. The van der Waals surface area contributed by atoms with Crippen LogP contribution in [0.2, 0.25) is 0 Å². The number of amides is 1. The van der Waals surface area contributed by atoms with Crippen molar-refractivity contribution in [2.45, 2.75) is 43.2 Å². The summed E-state index contributed by atoms with van der Waals surface area (Å²) in [5, 5.41) is 20.7. The molecule has 1 aromatic heterocycles. The zero-order valence-corrected chi connectivity index (χ0v) is 25.9. The molecule has 0 spiro atoms. The summed E-state index contributed by atoms with van der Waals surface area (Å²) < 4.78 is 67.0. The highest BCUT2D eigenvalue weighted by Gasteiger charge is 2.57. The second-order valence-corrected chi connectivity index (χ2v) is 12.8. The third kappa shape index (κ3) is 5.43. The maximum Gasteiger partial charge on any atom is 0.319 e. The molecule has 3 aliphatic rings. The first kappa shape index (κ1) is 31.6. The van der Waals surface area contributed by atoms with Crippen LogP contribution in [0.5, 0.6) is 11.8 Å². The largest absolute Gasteiger partial charge is 0.508 e. The zero-order chi connectivity index (χ0) is 33.8. The lowest BCUT2D eigenvalue weighted by molar-refractivity contribution is -0.128. The highest BCUT2D eigenvalue weighted by molar-refractivity contribution is 6.01. The quantitative estimate of drug-likeness (QED) is 0.196. The van der Waals surface area contributed by atoms with Gasteiger partial charge in [0.1, 0.15) is 29.5 Å². The fourth-order valence-corrected chi connectivity index (χ4v) is 7.62. The van der Waals surface area contributed by atoms with Gasteiger partial charge in [-0.3, -0.25) is 9.69 Å². The van der Waals surface area contributed by atoms with E-state index < -0.39 is 29.1 Å². The normalized spacial score (nSPS) is 22.2. The van der Waals surface area contributed by atoms with Gasteiger partial charge >= 0.3 is 6.01 Å². The second kappa shape index (κ2) is 11.9. The van der Waals surface area contributed by atoms with Crippen LogP contribution in [0.25, 0.3) is 32.8 Å². The minimum Gasteiger partial charge on any atom is -0.508 e. The minimum atomic E-state index is -2.86. The average molecular weight is 661 g/mol. The number of carbonyl (C=O) groups is 1. The molecule has 0 unspecified atom stereocenters. The molecule has 248 valence electrons. The van der Waals surface area contributed by atoms with E-state index in [1.165, 1.54) is 36.4 Å². The summed E-state index contributed by atoms with van der Waals surface area (Å²) in [6.07, 6.45) is 2.10. The van der Waals surface area contributed by atoms with Gasteiger partial charge < -0.3 is 19.6 Å². The van der Waals surface area contributed by atoms with Crippen LogP contribution in [-0.2, 0) is 4.79 Å². The van der Waals surface area contributed by atoms with Crippen molar-refractivity contribution in [1.29, 1.82) is 5.26 Å². The molecule has 0 aliphatic carbocycles. The van der Waals surface area contributed by atoms with Gasteiger partial charge in [-0.05, 0) is 60.7 Å². The molecular formula is C35H32F4N6O3. The van der Waals surface area contributed by atoms with Crippen molar-refractivity contribution in [2.75, 3.05) is 44.2 Å². The topological polar surface area (TPSA) is 106 Å². The second-order valence-electron chi connectivity index (χ2n) is 12.8. The van der Waals surface area contributed by atoms with Crippen LogP contribution in [0.15, 0.2) is 55.1 Å². The first-order chi connectivity index (χ1) is 23.0. The Bertz CT molecular complexity index is 2000. The fourth-order valence-electron chi connectivity index (χ4n) is 7.62. The van der Waals surface area contributed by atoms with Gasteiger partial charge in [0.15, 0.2) is 5.82 Å². The number of benzene rings is 3. The van der Waals surface area contributed by atoms with Gasteiger partial charge in [-0.1, -0.05) is 24.8 Å². The summed E-state index contributed by atoms with van der Waals surface area (Å²) in [4.78, 5) is 26.7. The van der Waals surface area contributed by atoms with E-state index in [0.717, 1.165) is 6.42 Å². The van der Waals surface area contributed by atoms with E-state index in [4.69, 9.17) is 4.74 Å². The lowest BCUT2D eigenvalue weighted by Gasteiger charge is -2.41. The Kier molecular flexibility index (Phi) is 7.86. The summed E-state index contributed by atoms with van der Waals surface area (Å²) in [6.45, 7) is 4.30. The van der Waals surface area contributed by atoms with E-state index in [9.17, 15) is 23.9 Å². The summed E-state index contributed by atoms with van der Waals surface area (Å²) in [5.41, 5.74) is -0.970. The Morgan fingerprint density at radius 1 is 1.15 bits per heavy atom. The Hall–Kier alpha value is -4.96. The van der Waals surface area contributed by atoms with Gasteiger partial charge in [-0.15, -0.1) is 0 Å². The van der Waals surface area contributed by atoms with E-state index in [1.807, 2.05) is 4.90 Å². The number of phenols is 1. The maximum absolute atomic E-state index is 16.8. The average Bonchev–Trinajstić information content (AvgIpc) is 3.55. The standard InChI is InChI=1S/C35H32F4N6O3/c1-2-28(47)45-14-13-43(17-22(45)9-11-40)32-25-8-7-24(26-16-23(46)15-21-5-3-6-27(36)29(21)26)30(37)31(25)41-33(42-32)48-20-34-10-4-12-44(34)19-35(38,39)18-34/h2-3,5-8,15-16,22,46H,1,4,9-10,12-14,17-20H2/t22-,34-/m0/s1. The van der Waals surface area contributed by atoms with Crippen molar-refractivity contribution in [3.05, 3.63) is 66.8 Å². The molecule has 0 radical (unpaired) electrons. The molecule has 3 fully saturated rings. The SMILES string of the molecule is C=CC(=O)N1CCN(c2nc(OC[C@@]34CCCN3CC(F)(F)C4)nc3c(F)c(-c4cc(O)cc5cccc(F)c45)ccc23)C[C@@H]1CC#N. The number of hydrogen-bond donors (Lipinski definition) is 1. The molecule has 0 saturated carbocycles. The van der Waals surface area contributed by atoms with Gasteiger partial charge in [0.05, 0.1) is 30.6 Å². The third-order valence-electron chi connectivity index (χ3n) is 9.75. The molecule has 4 heterocycles. The lowest BCUT2D eigenvalue weighted by atomic mass is 9.94. The number of nitriles is 1. The van der Waals surface area contributed by atoms with E-state index in [2.05, 4.69) is 22.6 Å². The van der Waals surface area contributed by atoms with Crippen LogP contribution >= 0.6 is 0 Å². The molecule has 1 amide bonds. The number of aromatic nitrogens is 2. The molecule has 0 bridgehead atoms. The van der Waals surface area contributed by atoms with Crippen molar-refractivity contribution in [3.8, 4) is 29.0 Å². The van der Waals surface area contributed by atoms with Crippen molar-refractivity contribution in [3.63, 3.8) is 0 Å². The van der Waals surface area contributed by atoms with Gasteiger partial charge in [0, 0.05) is 42.4 Å². The Balaban J connectivity index is 1.34. The number of phenolic OH excluding ortho intramolecular Hbond substituents is 1. The van der Waals surface area contributed by atoms with E-state index in [0.29, 0.717) is 23.7 Å². The van der Waals surface area contributed by atoms with Crippen molar-refractivity contribution in [2.24, 2.45) is 0 Å². The van der Waals surface area contributed by atoms with E-state index >= 15 is 8.78 Å². The maximum atomic E-state index is 16.8. The van der Waals surface area contributed by atoms with Crippen LogP contribution in [0.4, 0.5) is 23.4 Å². The molecule has 3 aliphatic heterocycles. The number of piperazine rings is 1. The number of nitrogens with zero attached hydrogens (tertiary/aromatic N) is 6.